The van der Waals surface area contributed by atoms with Gasteiger partial charge in [0.05, 0.1) is 12.3 Å². The Morgan fingerprint density at radius 3 is 2.77 bits per heavy atom. The molecule has 0 saturated heterocycles. The van der Waals surface area contributed by atoms with Crippen LogP contribution in [0.4, 0.5) is 5.69 Å². The third-order valence-electron chi connectivity index (χ3n) is 5.86. The predicted octanol–water partition coefficient (Wildman–Crippen LogP) is 2.88. The summed E-state index contributed by atoms with van der Waals surface area (Å²) in [6.07, 6.45) is 4.31. The standard InChI is InChI=1S/C20H25N3O3/c1-12-18(13(2)26-23-12)14-7-8-17-16(11-14)20(19(25)22-17,21-9-10-24)15-5-3-4-6-15/h7-8,11,15,21,24H,3-6,9-10H2,1-2H3,(H,22,25). The highest BCUT2D eigenvalue weighted by Gasteiger charge is 2.52. The van der Waals surface area contributed by atoms with Crippen molar-refractivity contribution in [3.63, 3.8) is 0 Å². The molecule has 1 aromatic carbocycles. The molecule has 3 N–H and O–H groups in total. The van der Waals surface area contributed by atoms with Gasteiger partial charge in [0.1, 0.15) is 11.3 Å². The summed E-state index contributed by atoms with van der Waals surface area (Å²) >= 11 is 0. The number of hydrogen-bond donors (Lipinski definition) is 3. The summed E-state index contributed by atoms with van der Waals surface area (Å²) in [5.74, 6) is 0.994. The number of aliphatic hydroxyl groups excluding tert-OH is 1. The molecule has 6 nitrogen and oxygen atoms in total. The molecule has 0 spiro atoms. The van der Waals surface area contributed by atoms with E-state index in [4.69, 9.17) is 4.52 Å². The third-order valence-corrected chi connectivity index (χ3v) is 5.86. The molecule has 1 atom stereocenters. The van der Waals surface area contributed by atoms with Crippen LogP contribution < -0.4 is 10.6 Å². The molecule has 1 fully saturated rings. The minimum atomic E-state index is -0.774. The molecule has 0 radical (unpaired) electrons. The molecule has 2 aromatic rings. The van der Waals surface area contributed by atoms with E-state index in [2.05, 4.69) is 21.9 Å². The van der Waals surface area contributed by atoms with E-state index in [-0.39, 0.29) is 18.4 Å². The molecule has 0 bridgehead atoms. The lowest BCUT2D eigenvalue weighted by molar-refractivity contribution is -0.124. The monoisotopic (exact) mass is 355 g/mol. The first-order valence-electron chi connectivity index (χ1n) is 9.33. The summed E-state index contributed by atoms with van der Waals surface area (Å²) in [6.45, 7) is 4.22. The van der Waals surface area contributed by atoms with E-state index in [0.29, 0.717) is 6.54 Å². The Balaban J connectivity index is 1.86. The van der Waals surface area contributed by atoms with E-state index in [1.54, 1.807) is 0 Å². The second-order valence-electron chi connectivity index (χ2n) is 7.35. The van der Waals surface area contributed by atoms with Crippen LogP contribution in [0.1, 0.15) is 42.7 Å². The molecule has 6 heteroatoms. The maximum atomic E-state index is 13.1. The van der Waals surface area contributed by atoms with E-state index in [1.807, 2.05) is 26.0 Å². The highest BCUT2D eigenvalue weighted by molar-refractivity contribution is 6.06. The van der Waals surface area contributed by atoms with Crippen molar-refractivity contribution in [1.82, 2.24) is 10.5 Å². The maximum absolute atomic E-state index is 13.1. The van der Waals surface area contributed by atoms with Gasteiger partial charge >= 0.3 is 0 Å². The van der Waals surface area contributed by atoms with Crippen molar-refractivity contribution < 1.29 is 14.4 Å². The lowest BCUT2D eigenvalue weighted by atomic mass is 9.77. The predicted molar refractivity (Wildman–Crippen MR) is 98.8 cm³/mol. The molecule has 1 aromatic heterocycles. The lowest BCUT2D eigenvalue weighted by Gasteiger charge is -2.35. The number of rotatable bonds is 5. The van der Waals surface area contributed by atoms with Gasteiger partial charge in [-0.15, -0.1) is 0 Å². The Kier molecular flexibility index (Phi) is 4.32. The lowest BCUT2D eigenvalue weighted by Crippen LogP contribution is -2.53. The number of aryl methyl sites for hydroxylation is 2. The minimum absolute atomic E-state index is 0.000636. The van der Waals surface area contributed by atoms with Gasteiger partial charge in [0.2, 0.25) is 5.91 Å². The molecule has 2 aliphatic rings. The van der Waals surface area contributed by atoms with E-state index < -0.39 is 5.54 Å². The molecular weight excluding hydrogens is 330 g/mol. The number of hydrogen-bond acceptors (Lipinski definition) is 5. The van der Waals surface area contributed by atoms with Gasteiger partial charge < -0.3 is 14.9 Å². The molecular formula is C20H25N3O3. The molecule has 2 heterocycles. The van der Waals surface area contributed by atoms with Crippen LogP contribution in [0.2, 0.25) is 0 Å². The van der Waals surface area contributed by atoms with Gasteiger partial charge in [0.25, 0.3) is 0 Å². The SMILES string of the molecule is Cc1noc(C)c1-c1ccc2c(c1)C(NCCO)(C1CCCC1)C(=O)N2. The first-order valence-corrected chi connectivity index (χ1v) is 9.33. The molecule has 138 valence electrons. The quantitative estimate of drug-likeness (QED) is 0.768. The normalized spacial score (nSPS) is 22.7. The van der Waals surface area contributed by atoms with Crippen molar-refractivity contribution >= 4 is 11.6 Å². The number of carbonyl (C=O) groups is 1. The Labute approximate surface area is 153 Å². The Morgan fingerprint density at radius 2 is 2.12 bits per heavy atom. The molecule has 1 amide bonds. The highest BCUT2D eigenvalue weighted by Crippen LogP contribution is 2.48. The van der Waals surface area contributed by atoms with E-state index in [1.165, 1.54) is 0 Å². The summed E-state index contributed by atoms with van der Waals surface area (Å²) in [4.78, 5) is 13.1. The van der Waals surface area contributed by atoms with E-state index in [0.717, 1.165) is 59.5 Å². The molecule has 1 aliphatic heterocycles. The van der Waals surface area contributed by atoms with Crippen molar-refractivity contribution in [3.05, 3.63) is 35.2 Å². The second-order valence-corrected chi connectivity index (χ2v) is 7.35. The summed E-state index contributed by atoms with van der Waals surface area (Å²) in [5.41, 5.74) is 3.88. The molecule has 1 unspecified atom stereocenters. The van der Waals surface area contributed by atoms with Crippen molar-refractivity contribution in [2.75, 3.05) is 18.5 Å². The van der Waals surface area contributed by atoms with Crippen LogP contribution in [-0.2, 0) is 10.3 Å². The average Bonchev–Trinajstić information content (AvgIpc) is 3.33. The fraction of sp³-hybridized carbons (Fsp3) is 0.500. The summed E-state index contributed by atoms with van der Waals surface area (Å²) < 4.78 is 5.33. The van der Waals surface area contributed by atoms with Gasteiger partial charge in [-0.1, -0.05) is 24.1 Å². The number of nitrogens with zero attached hydrogens (tertiary/aromatic N) is 1. The number of benzene rings is 1. The van der Waals surface area contributed by atoms with E-state index in [9.17, 15) is 9.90 Å². The van der Waals surface area contributed by atoms with Gasteiger partial charge in [-0.25, -0.2) is 0 Å². The number of fused-ring (bicyclic) bond motifs is 1. The van der Waals surface area contributed by atoms with Crippen LogP contribution in [0.5, 0.6) is 0 Å². The van der Waals surface area contributed by atoms with Crippen molar-refractivity contribution in [2.24, 2.45) is 5.92 Å². The van der Waals surface area contributed by atoms with Gasteiger partial charge in [-0.3, -0.25) is 10.1 Å². The minimum Gasteiger partial charge on any atom is -0.395 e. The zero-order chi connectivity index (χ0) is 18.3. The van der Waals surface area contributed by atoms with Gasteiger partial charge in [-0.2, -0.15) is 0 Å². The van der Waals surface area contributed by atoms with Crippen molar-refractivity contribution in [2.45, 2.75) is 45.1 Å². The van der Waals surface area contributed by atoms with Crippen LogP contribution in [0, 0.1) is 19.8 Å². The first kappa shape index (κ1) is 17.2. The van der Waals surface area contributed by atoms with Crippen molar-refractivity contribution in [3.8, 4) is 11.1 Å². The summed E-state index contributed by atoms with van der Waals surface area (Å²) in [6, 6.07) is 6.05. The fourth-order valence-electron chi connectivity index (χ4n) is 4.71. The second kappa shape index (κ2) is 6.52. The first-order chi connectivity index (χ1) is 12.6. The van der Waals surface area contributed by atoms with E-state index >= 15 is 0 Å². The molecule has 4 rings (SSSR count). The number of aromatic nitrogens is 1. The smallest absolute Gasteiger partial charge is 0.249 e. The Bertz CT molecular complexity index is 819. The maximum Gasteiger partial charge on any atom is 0.249 e. The highest BCUT2D eigenvalue weighted by atomic mass is 16.5. The largest absolute Gasteiger partial charge is 0.395 e. The number of amides is 1. The molecule has 1 saturated carbocycles. The summed E-state index contributed by atoms with van der Waals surface area (Å²) in [5, 5.41) is 19.9. The topological polar surface area (TPSA) is 87.4 Å². The third kappa shape index (κ3) is 2.47. The number of aliphatic hydroxyl groups is 1. The summed E-state index contributed by atoms with van der Waals surface area (Å²) in [7, 11) is 0. The van der Waals surface area contributed by atoms with Gasteiger partial charge in [0.15, 0.2) is 0 Å². The Morgan fingerprint density at radius 1 is 1.35 bits per heavy atom. The van der Waals surface area contributed by atoms with Crippen LogP contribution in [0.3, 0.4) is 0 Å². The number of nitrogens with one attached hydrogen (secondary N) is 2. The zero-order valence-corrected chi connectivity index (χ0v) is 15.3. The number of anilines is 1. The van der Waals surface area contributed by atoms with Crippen LogP contribution in [-0.4, -0.2) is 29.3 Å². The molecule has 1 aliphatic carbocycles. The Hall–Kier alpha value is -2.18. The average molecular weight is 355 g/mol. The fourth-order valence-corrected chi connectivity index (χ4v) is 4.71. The van der Waals surface area contributed by atoms with Crippen molar-refractivity contribution in [1.29, 1.82) is 0 Å². The number of carbonyl (C=O) groups excluding carboxylic acids is 1. The van der Waals surface area contributed by atoms with Crippen LogP contribution >= 0.6 is 0 Å². The zero-order valence-electron chi connectivity index (χ0n) is 15.3. The van der Waals surface area contributed by atoms with Gasteiger partial charge in [0, 0.05) is 23.4 Å². The van der Waals surface area contributed by atoms with Crippen LogP contribution in [0.15, 0.2) is 22.7 Å². The van der Waals surface area contributed by atoms with Gasteiger partial charge in [-0.05, 0) is 50.3 Å². The molecule has 26 heavy (non-hydrogen) atoms. The van der Waals surface area contributed by atoms with Crippen LogP contribution in [0.25, 0.3) is 11.1 Å².